The number of nitrogens with two attached hydrogens (primary N) is 1. The van der Waals surface area contributed by atoms with Gasteiger partial charge in [0.05, 0.1) is 0 Å². The molecule has 0 unspecified atom stereocenters. The van der Waals surface area contributed by atoms with Gasteiger partial charge >= 0.3 is 0 Å². The van der Waals surface area contributed by atoms with Crippen molar-refractivity contribution in [2.24, 2.45) is 5.73 Å². The summed E-state index contributed by atoms with van der Waals surface area (Å²) in [6, 6.07) is 13.2. The van der Waals surface area contributed by atoms with Gasteiger partial charge in [0, 0.05) is 37.3 Å². The van der Waals surface area contributed by atoms with E-state index in [1.165, 1.54) is 18.2 Å². The number of primary amides is 1. The third kappa shape index (κ3) is 5.32. The van der Waals surface area contributed by atoms with Gasteiger partial charge in [0.1, 0.15) is 11.6 Å². The minimum atomic E-state index is -0.540. The first-order chi connectivity index (χ1) is 13.8. The van der Waals surface area contributed by atoms with Gasteiger partial charge in [0.15, 0.2) is 6.61 Å². The molecule has 2 aromatic rings. The van der Waals surface area contributed by atoms with Crippen LogP contribution in [-0.4, -0.2) is 53.4 Å². The lowest BCUT2D eigenvalue weighted by Crippen LogP contribution is -2.58. The predicted molar refractivity (Wildman–Crippen MR) is 108 cm³/mol. The fraction of sp³-hybridized carbons (Fsp3) is 0.364. The molecule has 7 heteroatoms. The average Bonchev–Trinajstić information content (AvgIpc) is 2.70. The van der Waals surface area contributed by atoms with Gasteiger partial charge in [-0.25, -0.2) is 4.39 Å². The standard InChI is InChI=1S/C22H26FN3O3/c1-15-12-26(16(2)11-25(15)13-17-6-8-19(23)9-7-17)21(27)14-29-20-5-3-4-18(10-20)22(24)28/h3-10,15-16H,11-14H2,1-2H3,(H2,24,28)/t15-,16+/m1/s1. The molecule has 1 fully saturated rings. The summed E-state index contributed by atoms with van der Waals surface area (Å²) >= 11 is 0. The fourth-order valence-electron chi connectivity index (χ4n) is 3.56. The summed E-state index contributed by atoms with van der Waals surface area (Å²) in [5, 5.41) is 0. The largest absolute Gasteiger partial charge is 0.484 e. The van der Waals surface area contributed by atoms with Crippen molar-refractivity contribution in [3.05, 3.63) is 65.5 Å². The van der Waals surface area contributed by atoms with Gasteiger partial charge in [-0.3, -0.25) is 14.5 Å². The van der Waals surface area contributed by atoms with Crippen LogP contribution in [0.5, 0.6) is 5.75 Å². The third-order valence-corrected chi connectivity index (χ3v) is 5.22. The highest BCUT2D eigenvalue weighted by Crippen LogP contribution is 2.19. The smallest absolute Gasteiger partial charge is 0.260 e. The summed E-state index contributed by atoms with van der Waals surface area (Å²) in [6.07, 6.45) is 0. The molecule has 0 aromatic heterocycles. The Bertz CT molecular complexity index is 872. The first-order valence-electron chi connectivity index (χ1n) is 9.64. The number of piperazine rings is 1. The van der Waals surface area contributed by atoms with Crippen molar-refractivity contribution < 1.29 is 18.7 Å². The van der Waals surface area contributed by atoms with E-state index in [0.717, 1.165) is 12.1 Å². The molecule has 2 amide bonds. The maximum Gasteiger partial charge on any atom is 0.260 e. The van der Waals surface area contributed by atoms with Gasteiger partial charge in [0.25, 0.3) is 5.91 Å². The molecule has 2 aromatic carbocycles. The molecule has 0 spiro atoms. The van der Waals surface area contributed by atoms with Crippen LogP contribution in [0.3, 0.4) is 0 Å². The average molecular weight is 399 g/mol. The Kier molecular flexibility index (Phi) is 6.49. The van der Waals surface area contributed by atoms with Gasteiger partial charge in [0.2, 0.25) is 5.91 Å². The van der Waals surface area contributed by atoms with Crippen LogP contribution >= 0.6 is 0 Å². The molecular weight excluding hydrogens is 373 g/mol. The molecule has 0 saturated carbocycles. The normalized spacial score (nSPS) is 19.8. The molecule has 2 N–H and O–H groups in total. The zero-order chi connectivity index (χ0) is 21.0. The Labute approximate surface area is 170 Å². The zero-order valence-electron chi connectivity index (χ0n) is 16.7. The van der Waals surface area contributed by atoms with Crippen molar-refractivity contribution in [1.82, 2.24) is 9.80 Å². The molecule has 1 aliphatic heterocycles. The maximum absolute atomic E-state index is 13.1. The molecule has 0 aliphatic carbocycles. The minimum absolute atomic E-state index is 0.0275. The van der Waals surface area contributed by atoms with E-state index in [0.29, 0.717) is 24.4 Å². The second-order valence-electron chi connectivity index (χ2n) is 7.48. The van der Waals surface area contributed by atoms with Gasteiger partial charge in [-0.2, -0.15) is 0 Å². The van der Waals surface area contributed by atoms with E-state index in [9.17, 15) is 14.0 Å². The van der Waals surface area contributed by atoms with E-state index in [2.05, 4.69) is 11.8 Å². The molecule has 1 heterocycles. The van der Waals surface area contributed by atoms with Gasteiger partial charge in [-0.15, -0.1) is 0 Å². The zero-order valence-corrected chi connectivity index (χ0v) is 16.7. The highest BCUT2D eigenvalue weighted by Gasteiger charge is 2.32. The van der Waals surface area contributed by atoms with Crippen LogP contribution in [0, 0.1) is 5.82 Å². The Morgan fingerprint density at radius 2 is 1.83 bits per heavy atom. The van der Waals surface area contributed by atoms with Crippen LogP contribution in [0.1, 0.15) is 29.8 Å². The van der Waals surface area contributed by atoms with Gasteiger partial charge in [-0.05, 0) is 49.7 Å². The molecular formula is C22H26FN3O3. The molecule has 2 atom stereocenters. The van der Waals surface area contributed by atoms with Crippen LogP contribution < -0.4 is 10.5 Å². The molecule has 1 saturated heterocycles. The number of hydrogen-bond acceptors (Lipinski definition) is 4. The molecule has 6 nitrogen and oxygen atoms in total. The Hall–Kier alpha value is -2.93. The molecule has 1 aliphatic rings. The molecule has 0 bridgehead atoms. The molecule has 3 rings (SSSR count). The number of carbonyl (C=O) groups is 2. The number of halogens is 1. The summed E-state index contributed by atoms with van der Waals surface area (Å²) in [5.74, 6) is -0.450. The van der Waals surface area contributed by atoms with Gasteiger partial charge < -0.3 is 15.4 Å². The highest BCUT2D eigenvalue weighted by atomic mass is 19.1. The van der Waals surface area contributed by atoms with Crippen molar-refractivity contribution in [3.8, 4) is 5.75 Å². The second kappa shape index (κ2) is 9.05. The Morgan fingerprint density at radius 1 is 1.10 bits per heavy atom. The summed E-state index contributed by atoms with van der Waals surface area (Å²) in [5.41, 5.74) is 6.66. The van der Waals surface area contributed by atoms with Crippen LogP contribution in [0.25, 0.3) is 0 Å². The lowest BCUT2D eigenvalue weighted by Gasteiger charge is -2.44. The quantitative estimate of drug-likeness (QED) is 0.810. The number of hydrogen-bond donors (Lipinski definition) is 1. The lowest BCUT2D eigenvalue weighted by atomic mass is 10.1. The first-order valence-corrected chi connectivity index (χ1v) is 9.64. The third-order valence-electron chi connectivity index (χ3n) is 5.22. The van der Waals surface area contributed by atoms with Crippen LogP contribution in [0.4, 0.5) is 4.39 Å². The number of amides is 2. The highest BCUT2D eigenvalue weighted by molar-refractivity contribution is 5.93. The lowest BCUT2D eigenvalue weighted by molar-refractivity contribution is -0.139. The number of carbonyl (C=O) groups excluding carboxylic acids is 2. The summed E-state index contributed by atoms with van der Waals surface area (Å²) in [7, 11) is 0. The van der Waals surface area contributed by atoms with Crippen LogP contribution in [0.15, 0.2) is 48.5 Å². The van der Waals surface area contributed by atoms with E-state index in [1.54, 1.807) is 30.3 Å². The van der Waals surface area contributed by atoms with E-state index < -0.39 is 5.91 Å². The van der Waals surface area contributed by atoms with Crippen LogP contribution in [-0.2, 0) is 11.3 Å². The second-order valence-corrected chi connectivity index (χ2v) is 7.48. The molecule has 0 radical (unpaired) electrons. The van der Waals surface area contributed by atoms with Crippen molar-refractivity contribution in [3.63, 3.8) is 0 Å². The number of benzene rings is 2. The van der Waals surface area contributed by atoms with E-state index in [1.807, 2.05) is 11.8 Å². The van der Waals surface area contributed by atoms with Gasteiger partial charge in [-0.1, -0.05) is 18.2 Å². The number of ether oxygens (including phenoxy) is 1. The summed E-state index contributed by atoms with van der Waals surface area (Å²) in [4.78, 5) is 28.1. The van der Waals surface area contributed by atoms with Crippen LogP contribution in [0.2, 0.25) is 0 Å². The SMILES string of the molecule is C[C@@H]1CN(C(=O)COc2cccc(C(N)=O)c2)[C@@H](C)CN1Cc1ccc(F)cc1. The fourth-order valence-corrected chi connectivity index (χ4v) is 3.56. The minimum Gasteiger partial charge on any atom is -0.484 e. The number of rotatable bonds is 6. The van der Waals surface area contributed by atoms with E-state index in [4.69, 9.17) is 10.5 Å². The first kappa shape index (κ1) is 20.8. The summed E-state index contributed by atoms with van der Waals surface area (Å²) < 4.78 is 18.7. The van der Waals surface area contributed by atoms with Crippen molar-refractivity contribution in [2.75, 3.05) is 19.7 Å². The monoisotopic (exact) mass is 399 g/mol. The van der Waals surface area contributed by atoms with Crippen molar-refractivity contribution in [1.29, 1.82) is 0 Å². The van der Waals surface area contributed by atoms with E-state index >= 15 is 0 Å². The topological polar surface area (TPSA) is 75.9 Å². The predicted octanol–water partition coefficient (Wildman–Crippen LogP) is 2.42. The van der Waals surface area contributed by atoms with Crippen molar-refractivity contribution >= 4 is 11.8 Å². The summed E-state index contributed by atoms with van der Waals surface area (Å²) in [6.45, 7) is 6.01. The number of nitrogens with zero attached hydrogens (tertiary/aromatic N) is 2. The molecule has 29 heavy (non-hydrogen) atoms. The Balaban J connectivity index is 1.56. The maximum atomic E-state index is 13.1. The molecule has 154 valence electrons. The van der Waals surface area contributed by atoms with E-state index in [-0.39, 0.29) is 30.4 Å². The Morgan fingerprint density at radius 3 is 2.52 bits per heavy atom. The van der Waals surface area contributed by atoms with Crippen molar-refractivity contribution in [2.45, 2.75) is 32.5 Å².